The Kier molecular flexibility index (Phi) is 8.73. The normalized spacial score (nSPS) is 14.1. The van der Waals surface area contributed by atoms with Gasteiger partial charge >= 0.3 is 0 Å². The fourth-order valence-electron chi connectivity index (χ4n) is 1.04. The second-order valence-electron chi connectivity index (χ2n) is 3.46. The fraction of sp³-hybridized carbons (Fsp3) is 1.00. The molecule has 6 heteroatoms. The monoisotopic (exact) mass is 238 g/mol. The molecule has 0 rings (SSSR count). The smallest absolute Gasteiger partial charge is 0.215 e. The fourth-order valence-corrected chi connectivity index (χ4v) is 1.04. The number of hydrogen-bond donors (Lipinski definition) is 2. The molecule has 0 saturated heterocycles. The number of hydrogen-bond acceptors (Lipinski definition) is 6. The van der Waals surface area contributed by atoms with E-state index in [2.05, 4.69) is 0 Å². The Morgan fingerprint density at radius 1 is 1.12 bits per heavy atom. The van der Waals surface area contributed by atoms with Crippen molar-refractivity contribution in [2.24, 2.45) is 0 Å². The molecule has 98 valence electrons. The summed E-state index contributed by atoms with van der Waals surface area (Å²) in [5, 5.41) is 17.6. The van der Waals surface area contributed by atoms with Gasteiger partial charge in [0.05, 0.1) is 25.9 Å². The molecule has 1 atom stereocenters. The molecule has 0 spiro atoms. The summed E-state index contributed by atoms with van der Waals surface area (Å²) in [5.41, 5.74) is 0. The van der Waals surface area contributed by atoms with Crippen molar-refractivity contribution in [2.45, 2.75) is 18.8 Å². The highest BCUT2D eigenvalue weighted by molar-refractivity contribution is 4.68. The van der Waals surface area contributed by atoms with E-state index in [-0.39, 0.29) is 33.0 Å². The number of ether oxygens (including phenoxy) is 4. The van der Waals surface area contributed by atoms with E-state index in [1.165, 1.54) is 14.2 Å². The first-order valence-corrected chi connectivity index (χ1v) is 5.15. The van der Waals surface area contributed by atoms with Crippen molar-refractivity contribution in [3.8, 4) is 0 Å². The summed E-state index contributed by atoms with van der Waals surface area (Å²) in [5.74, 6) is -0.996. The van der Waals surface area contributed by atoms with E-state index in [0.717, 1.165) is 0 Å². The zero-order chi connectivity index (χ0) is 12.4. The summed E-state index contributed by atoms with van der Waals surface area (Å²) in [6, 6.07) is 0. The second kappa shape index (κ2) is 8.86. The Morgan fingerprint density at radius 2 is 1.69 bits per heavy atom. The van der Waals surface area contributed by atoms with Crippen molar-refractivity contribution in [1.82, 2.24) is 0 Å². The Labute approximate surface area is 96.1 Å². The highest BCUT2D eigenvalue weighted by Crippen LogP contribution is 2.12. The molecule has 0 heterocycles. The molecule has 0 aromatic carbocycles. The van der Waals surface area contributed by atoms with E-state index in [9.17, 15) is 0 Å². The predicted octanol–water partition coefficient (Wildman–Crippen LogP) is -0.618. The zero-order valence-electron chi connectivity index (χ0n) is 10.1. The van der Waals surface area contributed by atoms with Gasteiger partial charge in [-0.3, -0.25) is 0 Å². The van der Waals surface area contributed by atoms with Gasteiger partial charge in [-0.1, -0.05) is 0 Å². The van der Waals surface area contributed by atoms with Gasteiger partial charge in [0, 0.05) is 14.2 Å². The highest BCUT2D eigenvalue weighted by Gasteiger charge is 2.30. The lowest BCUT2D eigenvalue weighted by molar-refractivity contribution is -0.261. The summed E-state index contributed by atoms with van der Waals surface area (Å²) in [6.07, 6.45) is -0.537. The molecular weight excluding hydrogens is 216 g/mol. The van der Waals surface area contributed by atoms with Gasteiger partial charge in [0.25, 0.3) is 0 Å². The van der Waals surface area contributed by atoms with E-state index < -0.39 is 11.9 Å². The summed E-state index contributed by atoms with van der Waals surface area (Å²) in [7, 11) is 2.97. The van der Waals surface area contributed by atoms with Crippen LogP contribution in [0.25, 0.3) is 0 Å². The number of aliphatic hydroxyl groups is 2. The van der Waals surface area contributed by atoms with Gasteiger partial charge in [0.2, 0.25) is 5.79 Å². The van der Waals surface area contributed by atoms with E-state index in [4.69, 9.17) is 29.2 Å². The molecule has 0 radical (unpaired) electrons. The van der Waals surface area contributed by atoms with Crippen molar-refractivity contribution >= 4 is 0 Å². The van der Waals surface area contributed by atoms with Crippen LogP contribution in [-0.2, 0) is 18.9 Å². The molecule has 0 aliphatic rings. The van der Waals surface area contributed by atoms with Crippen LogP contribution in [0.4, 0.5) is 0 Å². The lowest BCUT2D eigenvalue weighted by Gasteiger charge is -2.30. The molecule has 2 N–H and O–H groups in total. The minimum Gasteiger partial charge on any atom is -0.394 e. The van der Waals surface area contributed by atoms with E-state index in [1.54, 1.807) is 6.92 Å². The van der Waals surface area contributed by atoms with Crippen LogP contribution in [-0.4, -0.2) is 69.4 Å². The standard InChI is InChI=1S/C10H22O6/c1-9(12)6-16-8-10(13-2,14-3)7-15-5-4-11/h9,11-12H,4-8H2,1-3H3. The topological polar surface area (TPSA) is 77.4 Å². The van der Waals surface area contributed by atoms with Crippen LogP contribution in [0.3, 0.4) is 0 Å². The van der Waals surface area contributed by atoms with E-state index >= 15 is 0 Å². The molecule has 0 amide bonds. The van der Waals surface area contributed by atoms with Gasteiger partial charge in [0.1, 0.15) is 13.2 Å². The average molecular weight is 238 g/mol. The van der Waals surface area contributed by atoms with Crippen molar-refractivity contribution in [3.63, 3.8) is 0 Å². The van der Waals surface area contributed by atoms with Crippen LogP contribution in [0.15, 0.2) is 0 Å². The largest absolute Gasteiger partial charge is 0.394 e. The quantitative estimate of drug-likeness (QED) is 0.390. The summed E-state index contributed by atoms with van der Waals surface area (Å²) < 4.78 is 20.7. The molecule has 0 aromatic heterocycles. The molecule has 0 aromatic rings. The second-order valence-corrected chi connectivity index (χ2v) is 3.46. The molecule has 1 unspecified atom stereocenters. The van der Waals surface area contributed by atoms with Crippen molar-refractivity contribution < 1.29 is 29.2 Å². The van der Waals surface area contributed by atoms with E-state index in [0.29, 0.717) is 0 Å². The summed E-state index contributed by atoms with van der Waals surface area (Å²) >= 11 is 0. The number of rotatable bonds is 10. The molecule has 0 saturated carbocycles. The maximum Gasteiger partial charge on any atom is 0.215 e. The van der Waals surface area contributed by atoms with Gasteiger partial charge in [0.15, 0.2) is 0 Å². The molecule has 6 nitrogen and oxygen atoms in total. The zero-order valence-corrected chi connectivity index (χ0v) is 10.1. The van der Waals surface area contributed by atoms with Crippen molar-refractivity contribution in [1.29, 1.82) is 0 Å². The minimum atomic E-state index is -0.996. The highest BCUT2D eigenvalue weighted by atomic mass is 16.7. The van der Waals surface area contributed by atoms with Gasteiger partial charge in [-0.05, 0) is 6.92 Å². The summed E-state index contributed by atoms with van der Waals surface area (Å²) in [6.45, 7) is 2.29. The Hall–Kier alpha value is -0.240. The third kappa shape index (κ3) is 6.37. The van der Waals surface area contributed by atoms with Crippen LogP contribution in [0, 0.1) is 0 Å². The first-order chi connectivity index (χ1) is 7.60. The molecule has 0 aliphatic carbocycles. The first kappa shape index (κ1) is 15.8. The average Bonchev–Trinajstić information content (AvgIpc) is 2.27. The number of methoxy groups -OCH3 is 2. The predicted molar refractivity (Wildman–Crippen MR) is 57.2 cm³/mol. The number of aliphatic hydroxyl groups excluding tert-OH is 2. The molecule has 16 heavy (non-hydrogen) atoms. The molecule has 0 bridgehead atoms. The lowest BCUT2D eigenvalue weighted by Crippen LogP contribution is -2.44. The van der Waals surface area contributed by atoms with Crippen molar-refractivity contribution in [3.05, 3.63) is 0 Å². The maximum atomic E-state index is 9.04. The van der Waals surface area contributed by atoms with Crippen LogP contribution in [0.2, 0.25) is 0 Å². The third-order valence-corrected chi connectivity index (χ3v) is 1.98. The van der Waals surface area contributed by atoms with Crippen LogP contribution < -0.4 is 0 Å². The Balaban J connectivity index is 3.99. The minimum absolute atomic E-state index is 0.0575. The molecular formula is C10H22O6. The SMILES string of the molecule is COC(COCCO)(COCC(C)O)OC. The molecule has 0 fully saturated rings. The van der Waals surface area contributed by atoms with Crippen LogP contribution >= 0.6 is 0 Å². The first-order valence-electron chi connectivity index (χ1n) is 5.15. The maximum absolute atomic E-state index is 9.04. The Bertz CT molecular complexity index is 157. The van der Waals surface area contributed by atoms with Gasteiger partial charge in [-0.2, -0.15) is 0 Å². The molecule has 0 aliphatic heterocycles. The van der Waals surface area contributed by atoms with Gasteiger partial charge < -0.3 is 29.2 Å². The van der Waals surface area contributed by atoms with Crippen LogP contribution in [0.1, 0.15) is 6.92 Å². The van der Waals surface area contributed by atoms with Gasteiger partial charge in [-0.15, -0.1) is 0 Å². The van der Waals surface area contributed by atoms with Gasteiger partial charge in [-0.25, -0.2) is 0 Å². The Morgan fingerprint density at radius 3 is 2.12 bits per heavy atom. The summed E-state index contributed by atoms with van der Waals surface area (Å²) in [4.78, 5) is 0. The lowest BCUT2D eigenvalue weighted by atomic mass is 10.3. The third-order valence-electron chi connectivity index (χ3n) is 1.98. The van der Waals surface area contributed by atoms with Crippen LogP contribution in [0.5, 0.6) is 0 Å². The van der Waals surface area contributed by atoms with E-state index in [1.807, 2.05) is 0 Å². The van der Waals surface area contributed by atoms with Crippen molar-refractivity contribution in [2.75, 3.05) is 47.3 Å².